The van der Waals surface area contributed by atoms with Crippen molar-refractivity contribution in [1.82, 2.24) is 4.31 Å². The SMILES string of the molecule is O=S(=O)(/C=C/c1ccc(Cl)cc1)N(C1CC1)C1CCc2ccccc21. The Bertz CT molecular complexity index is 902. The third-order valence-electron chi connectivity index (χ3n) is 4.91. The van der Waals surface area contributed by atoms with Crippen molar-refractivity contribution >= 4 is 27.7 Å². The zero-order chi connectivity index (χ0) is 17.4. The predicted molar refractivity (Wildman–Crippen MR) is 102 cm³/mol. The van der Waals surface area contributed by atoms with Gasteiger partial charge >= 0.3 is 0 Å². The van der Waals surface area contributed by atoms with Gasteiger partial charge in [0.05, 0.1) is 6.04 Å². The van der Waals surface area contributed by atoms with Crippen LogP contribution in [-0.4, -0.2) is 18.8 Å². The number of sulfonamides is 1. The largest absolute Gasteiger partial charge is 0.237 e. The maximum atomic E-state index is 13.1. The molecule has 2 aliphatic rings. The highest BCUT2D eigenvalue weighted by Crippen LogP contribution is 2.43. The lowest BCUT2D eigenvalue weighted by Crippen LogP contribution is -2.34. The summed E-state index contributed by atoms with van der Waals surface area (Å²) in [6.07, 6.45) is 5.37. The molecule has 1 atom stereocenters. The Morgan fingerprint density at radius 2 is 1.72 bits per heavy atom. The molecule has 25 heavy (non-hydrogen) atoms. The summed E-state index contributed by atoms with van der Waals surface area (Å²) in [6, 6.07) is 15.5. The molecule has 130 valence electrons. The van der Waals surface area contributed by atoms with E-state index < -0.39 is 10.0 Å². The number of rotatable bonds is 5. The molecule has 0 aromatic heterocycles. The van der Waals surface area contributed by atoms with Gasteiger partial charge in [0, 0.05) is 16.5 Å². The molecule has 0 radical (unpaired) electrons. The average Bonchev–Trinajstić information content (AvgIpc) is 3.34. The lowest BCUT2D eigenvalue weighted by Gasteiger charge is -2.27. The highest BCUT2D eigenvalue weighted by Gasteiger charge is 2.43. The summed E-state index contributed by atoms with van der Waals surface area (Å²) in [7, 11) is -3.47. The van der Waals surface area contributed by atoms with Crippen LogP contribution in [0.25, 0.3) is 6.08 Å². The minimum absolute atomic E-state index is 0.0384. The van der Waals surface area contributed by atoms with Crippen molar-refractivity contribution in [2.75, 3.05) is 0 Å². The second-order valence-electron chi connectivity index (χ2n) is 6.71. The number of benzene rings is 2. The van der Waals surface area contributed by atoms with Crippen molar-refractivity contribution in [3.63, 3.8) is 0 Å². The first-order chi connectivity index (χ1) is 12.0. The molecule has 0 amide bonds. The molecule has 0 bridgehead atoms. The fourth-order valence-electron chi connectivity index (χ4n) is 3.58. The molecular weight excluding hydrogens is 354 g/mol. The van der Waals surface area contributed by atoms with Crippen LogP contribution in [0.5, 0.6) is 0 Å². The molecule has 2 aromatic carbocycles. The number of halogens is 1. The summed E-state index contributed by atoms with van der Waals surface area (Å²) in [5, 5.41) is 1.98. The van der Waals surface area contributed by atoms with Gasteiger partial charge < -0.3 is 0 Å². The van der Waals surface area contributed by atoms with E-state index in [-0.39, 0.29) is 12.1 Å². The summed E-state index contributed by atoms with van der Waals surface area (Å²) < 4.78 is 27.9. The number of aryl methyl sites for hydroxylation is 1. The number of nitrogens with zero attached hydrogens (tertiary/aromatic N) is 1. The van der Waals surface area contributed by atoms with Crippen LogP contribution in [0.15, 0.2) is 53.9 Å². The maximum Gasteiger partial charge on any atom is 0.237 e. The Balaban J connectivity index is 1.63. The first-order valence-corrected chi connectivity index (χ1v) is 10.5. The first-order valence-electron chi connectivity index (χ1n) is 8.59. The van der Waals surface area contributed by atoms with E-state index in [4.69, 9.17) is 11.6 Å². The number of hydrogen-bond acceptors (Lipinski definition) is 2. The molecule has 0 saturated heterocycles. The molecule has 0 N–H and O–H groups in total. The fraction of sp³-hybridized carbons (Fsp3) is 0.300. The second kappa shape index (κ2) is 6.60. The van der Waals surface area contributed by atoms with Gasteiger partial charge in [-0.3, -0.25) is 0 Å². The Labute approximate surface area is 154 Å². The van der Waals surface area contributed by atoms with Crippen molar-refractivity contribution in [3.8, 4) is 0 Å². The van der Waals surface area contributed by atoms with Gasteiger partial charge in [0.2, 0.25) is 10.0 Å². The highest BCUT2D eigenvalue weighted by atomic mass is 35.5. The van der Waals surface area contributed by atoms with Crippen molar-refractivity contribution in [3.05, 3.63) is 75.7 Å². The van der Waals surface area contributed by atoms with Crippen LogP contribution in [0.4, 0.5) is 0 Å². The molecular formula is C20H20ClNO2S. The van der Waals surface area contributed by atoms with E-state index in [9.17, 15) is 8.42 Å². The van der Waals surface area contributed by atoms with Gasteiger partial charge in [-0.05, 0) is 60.6 Å². The molecule has 4 rings (SSSR count). The van der Waals surface area contributed by atoms with E-state index >= 15 is 0 Å². The van der Waals surface area contributed by atoms with Gasteiger partial charge in [-0.2, -0.15) is 4.31 Å². The van der Waals surface area contributed by atoms with E-state index in [2.05, 4.69) is 12.1 Å². The Morgan fingerprint density at radius 1 is 1.00 bits per heavy atom. The maximum absolute atomic E-state index is 13.1. The lowest BCUT2D eigenvalue weighted by atomic mass is 10.1. The minimum Gasteiger partial charge on any atom is -0.207 e. The molecule has 1 unspecified atom stereocenters. The van der Waals surface area contributed by atoms with E-state index in [1.165, 1.54) is 11.0 Å². The third kappa shape index (κ3) is 3.52. The Kier molecular flexibility index (Phi) is 4.44. The number of fused-ring (bicyclic) bond motifs is 1. The zero-order valence-electron chi connectivity index (χ0n) is 13.8. The van der Waals surface area contributed by atoms with Gasteiger partial charge in [-0.15, -0.1) is 0 Å². The van der Waals surface area contributed by atoms with E-state index in [1.54, 1.807) is 22.5 Å². The van der Waals surface area contributed by atoms with Gasteiger partial charge in [-0.1, -0.05) is 48.0 Å². The smallest absolute Gasteiger partial charge is 0.207 e. The lowest BCUT2D eigenvalue weighted by molar-refractivity contribution is 0.318. The minimum atomic E-state index is -3.47. The van der Waals surface area contributed by atoms with Gasteiger partial charge in [0.25, 0.3) is 0 Å². The summed E-state index contributed by atoms with van der Waals surface area (Å²) >= 11 is 5.89. The monoisotopic (exact) mass is 373 g/mol. The van der Waals surface area contributed by atoms with Gasteiger partial charge in [-0.25, -0.2) is 8.42 Å². The van der Waals surface area contributed by atoms with Crippen molar-refractivity contribution < 1.29 is 8.42 Å². The quantitative estimate of drug-likeness (QED) is 0.755. The van der Waals surface area contributed by atoms with Crippen molar-refractivity contribution in [2.45, 2.75) is 37.8 Å². The molecule has 3 nitrogen and oxygen atoms in total. The molecule has 2 aliphatic carbocycles. The van der Waals surface area contributed by atoms with Crippen LogP contribution in [0.1, 0.15) is 42.0 Å². The van der Waals surface area contributed by atoms with E-state index in [1.807, 2.05) is 24.3 Å². The first kappa shape index (κ1) is 16.8. The van der Waals surface area contributed by atoms with Gasteiger partial charge in [0.15, 0.2) is 0 Å². The molecule has 0 spiro atoms. The molecule has 1 saturated carbocycles. The molecule has 0 aliphatic heterocycles. The molecule has 5 heteroatoms. The normalized spacial score (nSPS) is 20.3. The standard InChI is InChI=1S/C20H20ClNO2S/c21-17-8-5-15(6-9-17)13-14-25(23,24)22(18-10-11-18)20-12-7-16-3-1-2-4-19(16)20/h1-6,8-9,13-14,18,20H,7,10-12H2/b14-13+. The highest BCUT2D eigenvalue weighted by molar-refractivity contribution is 7.92. The van der Waals surface area contributed by atoms with Crippen LogP contribution in [0.2, 0.25) is 5.02 Å². The zero-order valence-corrected chi connectivity index (χ0v) is 15.4. The topological polar surface area (TPSA) is 37.4 Å². The van der Waals surface area contributed by atoms with Crippen molar-refractivity contribution in [2.24, 2.45) is 0 Å². The van der Waals surface area contributed by atoms with E-state index in [0.29, 0.717) is 5.02 Å². The Morgan fingerprint density at radius 3 is 2.44 bits per heavy atom. The van der Waals surface area contributed by atoms with Gasteiger partial charge in [0.1, 0.15) is 0 Å². The van der Waals surface area contributed by atoms with Crippen LogP contribution in [0.3, 0.4) is 0 Å². The van der Waals surface area contributed by atoms with Crippen molar-refractivity contribution in [1.29, 1.82) is 0 Å². The molecule has 2 aromatic rings. The van der Waals surface area contributed by atoms with Crippen LogP contribution in [-0.2, 0) is 16.4 Å². The third-order valence-corrected chi connectivity index (χ3v) is 6.78. The van der Waals surface area contributed by atoms with Crippen LogP contribution >= 0.6 is 11.6 Å². The number of hydrogen-bond donors (Lipinski definition) is 0. The Hall–Kier alpha value is -1.62. The molecule has 1 fully saturated rings. The summed E-state index contributed by atoms with van der Waals surface area (Å²) in [6.45, 7) is 0. The fourth-order valence-corrected chi connectivity index (χ4v) is 5.37. The second-order valence-corrected chi connectivity index (χ2v) is 8.87. The summed E-state index contributed by atoms with van der Waals surface area (Å²) in [5.74, 6) is 0. The molecule has 0 heterocycles. The predicted octanol–water partition coefficient (Wildman–Crippen LogP) is 4.79. The average molecular weight is 374 g/mol. The van der Waals surface area contributed by atoms with Crippen LogP contribution in [0, 0.1) is 0 Å². The van der Waals surface area contributed by atoms with Crippen LogP contribution < -0.4 is 0 Å². The summed E-state index contributed by atoms with van der Waals surface area (Å²) in [5.41, 5.74) is 3.27. The summed E-state index contributed by atoms with van der Waals surface area (Å²) in [4.78, 5) is 0. The van der Waals surface area contributed by atoms with E-state index in [0.717, 1.165) is 36.8 Å².